The SMILES string of the molecule is CCCCCCCC1([NH])CCCC1. The van der Waals surface area contributed by atoms with E-state index in [4.69, 9.17) is 5.73 Å². The first-order valence-electron chi connectivity index (χ1n) is 6.02. The molecular formula is C12H24N. The van der Waals surface area contributed by atoms with Crippen LogP contribution in [0.5, 0.6) is 0 Å². The van der Waals surface area contributed by atoms with Crippen molar-refractivity contribution in [1.29, 1.82) is 0 Å². The van der Waals surface area contributed by atoms with Gasteiger partial charge >= 0.3 is 0 Å². The Morgan fingerprint density at radius 3 is 2.23 bits per heavy atom. The summed E-state index contributed by atoms with van der Waals surface area (Å²) in [5, 5.41) is 0. The number of unbranched alkanes of at least 4 members (excludes halogenated alkanes) is 4. The van der Waals surface area contributed by atoms with Gasteiger partial charge in [0.2, 0.25) is 0 Å². The first-order valence-corrected chi connectivity index (χ1v) is 6.02. The molecule has 1 aliphatic carbocycles. The fourth-order valence-corrected chi connectivity index (χ4v) is 2.37. The van der Waals surface area contributed by atoms with Gasteiger partial charge < -0.3 is 0 Å². The molecule has 0 bridgehead atoms. The number of hydrogen-bond donors (Lipinski definition) is 0. The van der Waals surface area contributed by atoms with Gasteiger partial charge in [0.05, 0.1) is 0 Å². The van der Waals surface area contributed by atoms with E-state index in [0.717, 1.165) is 6.42 Å². The second-order valence-corrected chi connectivity index (χ2v) is 4.65. The lowest BCUT2D eigenvalue weighted by Crippen LogP contribution is -2.25. The number of hydrogen-bond acceptors (Lipinski definition) is 0. The van der Waals surface area contributed by atoms with Gasteiger partial charge in [0, 0.05) is 5.54 Å². The minimum atomic E-state index is -0.00772. The Kier molecular flexibility index (Phi) is 4.79. The van der Waals surface area contributed by atoms with Crippen LogP contribution in [0.1, 0.15) is 71.1 Å². The van der Waals surface area contributed by atoms with Crippen molar-refractivity contribution < 1.29 is 0 Å². The average molecular weight is 182 g/mol. The highest BCUT2D eigenvalue weighted by atomic mass is 14.7. The van der Waals surface area contributed by atoms with E-state index in [1.807, 2.05) is 0 Å². The lowest BCUT2D eigenvalue weighted by Gasteiger charge is -2.21. The van der Waals surface area contributed by atoms with Crippen LogP contribution in [0.3, 0.4) is 0 Å². The highest BCUT2D eigenvalue weighted by Gasteiger charge is 2.28. The molecule has 1 saturated carbocycles. The van der Waals surface area contributed by atoms with Gasteiger partial charge in [-0.05, 0) is 19.3 Å². The summed E-state index contributed by atoms with van der Waals surface area (Å²) in [6, 6.07) is 0. The molecule has 1 rings (SSSR count). The minimum Gasteiger partial charge on any atom is -0.251 e. The molecule has 0 aromatic rings. The van der Waals surface area contributed by atoms with E-state index >= 15 is 0 Å². The van der Waals surface area contributed by atoms with Crippen molar-refractivity contribution >= 4 is 0 Å². The fraction of sp³-hybridized carbons (Fsp3) is 1.00. The minimum absolute atomic E-state index is 0.00772. The monoisotopic (exact) mass is 182 g/mol. The van der Waals surface area contributed by atoms with E-state index in [0.29, 0.717) is 0 Å². The van der Waals surface area contributed by atoms with Gasteiger partial charge in [0.1, 0.15) is 0 Å². The Morgan fingerprint density at radius 1 is 1.00 bits per heavy atom. The molecule has 0 unspecified atom stereocenters. The number of nitrogens with one attached hydrogen (secondary N) is 1. The van der Waals surface area contributed by atoms with Crippen molar-refractivity contribution in [2.24, 2.45) is 0 Å². The molecule has 0 amide bonds. The maximum absolute atomic E-state index is 8.16. The van der Waals surface area contributed by atoms with Gasteiger partial charge in [-0.15, -0.1) is 0 Å². The van der Waals surface area contributed by atoms with Crippen LogP contribution >= 0.6 is 0 Å². The molecule has 0 saturated heterocycles. The van der Waals surface area contributed by atoms with Crippen LogP contribution in [-0.2, 0) is 0 Å². The molecule has 1 fully saturated rings. The van der Waals surface area contributed by atoms with Crippen molar-refractivity contribution in [2.45, 2.75) is 76.7 Å². The predicted molar refractivity (Wildman–Crippen MR) is 57.7 cm³/mol. The van der Waals surface area contributed by atoms with E-state index < -0.39 is 0 Å². The lowest BCUT2D eigenvalue weighted by atomic mass is 9.91. The third-order valence-corrected chi connectivity index (χ3v) is 3.32. The van der Waals surface area contributed by atoms with E-state index in [-0.39, 0.29) is 5.54 Å². The van der Waals surface area contributed by atoms with Crippen molar-refractivity contribution in [3.8, 4) is 0 Å². The molecule has 1 heteroatoms. The molecule has 1 radical (unpaired) electrons. The summed E-state index contributed by atoms with van der Waals surface area (Å²) in [4.78, 5) is 0. The highest BCUT2D eigenvalue weighted by molar-refractivity contribution is 4.87. The Balaban J connectivity index is 1.98. The average Bonchev–Trinajstić information content (AvgIpc) is 2.53. The highest BCUT2D eigenvalue weighted by Crippen LogP contribution is 2.33. The molecule has 0 spiro atoms. The normalized spacial score (nSPS) is 20.8. The summed E-state index contributed by atoms with van der Waals surface area (Å²) in [7, 11) is 0. The first-order chi connectivity index (χ1) is 6.27. The van der Waals surface area contributed by atoms with Crippen LogP contribution in [0.4, 0.5) is 0 Å². The second kappa shape index (κ2) is 5.64. The summed E-state index contributed by atoms with van der Waals surface area (Å²) in [6.45, 7) is 2.25. The van der Waals surface area contributed by atoms with Crippen LogP contribution in [0.15, 0.2) is 0 Å². The maximum atomic E-state index is 8.16. The van der Waals surface area contributed by atoms with Crippen LogP contribution in [0, 0.1) is 0 Å². The molecule has 0 heterocycles. The van der Waals surface area contributed by atoms with Gasteiger partial charge in [-0.2, -0.15) is 0 Å². The van der Waals surface area contributed by atoms with E-state index in [1.54, 1.807) is 0 Å². The van der Waals surface area contributed by atoms with Crippen LogP contribution in [0.2, 0.25) is 0 Å². The smallest absolute Gasteiger partial charge is 0.0324 e. The molecule has 0 aromatic carbocycles. The van der Waals surface area contributed by atoms with Gasteiger partial charge in [-0.25, -0.2) is 0 Å². The lowest BCUT2D eigenvalue weighted by molar-refractivity contribution is 0.371. The van der Waals surface area contributed by atoms with E-state index in [9.17, 15) is 0 Å². The molecule has 0 aliphatic heterocycles. The zero-order chi connectivity index (χ0) is 9.57. The Hall–Kier alpha value is -0.0400. The van der Waals surface area contributed by atoms with Crippen molar-refractivity contribution in [1.82, 2.24) is 5.73 Å². The Labute approximate surface area is 83.1 Å². The van der Waals surface area contributed by atoms with Gasteiger partial charge in [0.25, 0.3) is 0 Å². The standard InChI is InChI=1S/C12H24N/c1-2-3-4-5-6-9-12(13)10-7-8-11-12/h13H,2-11H2,1H3. The third kappa shape index (κ3) is 4.12. The van der Waals surface area contributed by atoms with E-state index in [2.05, 4.69) is 6.92 Å². The maximum Gasteiger partial charge on any atom is 0.0324 e. The van der Waals surface area contributed by atoms with Gasteiger partial charge in [0.15, 0.2) is 0 Å². The van der Waals surface area contributed by atoms with E-state index in [1.165, 1.54) is 57.8 Å². The zero-order valence-corrected chi connectivity index (χ0v) is 9.07. The molecule has 77 valence electrons. The zero-order valence-electron chi connectivity index (χ0n) is 9.07. The molecule has 13 heavy (non-hydrogen) atoms. The predicted octanol–water partition coefficient (Wildman–Crippen LogP) is 3.94. The number of rotatable bonds is 6. The summed E-state index contributed by atoms with van der Waals surface area (Å²) in [5.74, 6) is 0. The fourth-order valence-electron chi connectivity index (χ4n) is 2.37. The molecular weight excluding hydrogens is 158 g/mol. The molecule has 0 atom stereocenters. The molecule has 0 aromatic heterocycles. The molecule has 1 N–H and O–H groups in total. The quantitative estimate of drug-likeness (QED) is 0.556. The van der Waals surface area contributed by atoms with Crippen molar-refractivity contribution in [3.05, 3.63) is 0 Å². The Morgan fingerprint density at radius 2 is 1.62 bits per heavy atom. The van der Waals surface area contributed by atoms with Crippen molar-refractivity contribution in [2.75, 3.05) is 0 Å². The summed E-state index contributed by atoms with van der Waals surface area (Å²) >= 11 is 0. The topological polar surface area (TPSA) is 23.8 Å². The van der Waals surface area contributed by atoms with Gasteiger partial charge in [-0.1, -0.05) is 51.9 Å². The summed E-state index contributed by atoms with van der Waals surface area (Å²) in [5.41, 5.74) is 8.15. The molecule has 1 aliphatic rings. The van der Waals surface area contributed by atoms with Crippen LogP contribution in [0.25, 0.3) is 0 Å². The van der Waals surface area contributed by atoms with Crippen LogP contribution in [-0.4, -0.2) is 5.54 Å². The Bertz CT molecular complexity index is 125. The summed E-state index contributed by atoms with van der Waals surface area (Å²) < 4.78 is 0. The van der Waals surface area contributed by atoms with Crippen molar-refractivity contribution in [3.63, 3.8) is 0 Å². The van der Waals surface area contributed by atoms with Gasteiger partial charge in [-0.3, -0.25) is 5.73 Å². The molecule has 1 nitrogen and oxygen atoms in total. The first kappa shape index (κ1) is 11.0. The summed E-state index contributed by atoms with van der Waals surface area (Å²) in [6.07, 6.45) is 12.8. The second-order valence-electron chi connectivity index (χ2n) is 4.65. The third-order valence-electron chi connectivity index (χ3n) is 3.32. The van der Waals surface area contributed by atoms with Crippen LogP contribution < -0.4 is 5.73 Å². The largest absolute Gasteiger partial charge is 0.251 e.